The van der Waals surface area contributed by atoms with Crippen LogP contribution in [0.15, 0.2) is 36.7 Å². The average molecular weight is 187 g/mol. The first kappa shape index (κ1) is 8.94. The SMILES string of the molecule is CCCc1ccn(-c2ccccn2)n1. The van der Waals surface area contributed by atoms with Crippen LogP contribution >= 0.6 is 0 Å². The predicted molar refractivity (Wildman–Crippen MR) is 55.4 cm³/mol. The molecule has 0 fully saturated rings. The van der Waals surface area contributed by atoms with Gasteiger partial charge < -0.3 is 0 Å². The van der Waals surface area contributed by atoms with Gasteiger partial charge in [-0.1, -0.05) is 19.4 Å². The summed E-state index contributed by atoms with van der Waals surface area (Å²) in [5.41, 5.74) is 1.12. The number of hydrogen-bond donors (Lipinski definition) is 0. The van der Waals surface area contributed by atoms with Gasteiger partial charge in [0, 0.05) is 12.4 Å². The number of aryl methyl sites for hydroxylation is 1. The van der Waals surface area contributed by atoms with Crippen molar-refractivity contribution in [3.63, 3.8) is 0 Å². The van der Waals surface area contributed by atoms with E-state index < -0.39 is 0 Å². The minimum atomic E-state index is 0.870. The third-order valence-corrected chi connectivity index (χ3v) is 2.03. The van der Waals surface area contributed by atoms with E-state index in [0.717, 1.165) is 24.4 Å². The van der Waals surface area contributed by atoms with Crippen molar-refractivity contribution in [3.05, 3.63) is 42.4 Å². The Kier molecular flexibility index (Phi) is 2.58. The minimum absolute atomic E-state index is 0.870. The first-order valence-corrected chi connectivity index (χ1v) is 4.86. The van der Waals surface area contributed by atoms with Crippen LogP contribution in [0.5, 0.6) is 0 Å². The van der Waals surface area contributed by atoms with Gasteiger partial charge in [0.25, 0.3) is 0 Å². The summed E-state index contributed by atoms with van der Waals surface area (Å²) in [5, 5.41) is 4.42. The van der Waals surface area contributed by atoms with Gasteiger partial charge in [-0.25, -0.2) is 9.67 Å². The summed E-state index contributed by atoms with van der Waals surface area (Å²) < 4.78 is 1.81. The lowest BCUT2D eigenvalue weighted by Crippen LogP contribution is -1.98. The van der Waals surface area contributed by atoms with Crippen molar-refractivity contribution in [2.75, 3.05) is 0 Å². The van der Waals surface area contributed by atoms with Crippen molar-refractivity contribution in [3.8, 4) is 5.82 Å². The van der Waals surface area contributed by atoms with E-state index in [1.807, 2.05) is 35.1 Å². The normalized spacial score (nSPS) is 10.4. The molecule has 0 unspecified atom stereocenters. The van der Waals surface area contributed by atoms with E-state index in [-0.39, 0.29) is 0 Å². The summed E-state index contributed by atoms with van der Waals surface area (Å²) >= 11 is 0. The molecule has 0 saturated heterocycles. The Bertz CT molecular complexity index is 392. The maximum atomic E-state index is 4.42. The molecule has 0 amide bonds. The van der Waals surface area contributed by atoms with Crippen molar-refractivity contribution >= 4 is 0 Å². The average Bonchev–Trinajstić information content (AvgIpc) is 2.68. The summed E-state index contributed by atoms with van der Waals surface area (Å²) in [4.78, 5) is 4.22. The Morgan fingerprint density at radius 1 is 1.29 bits per heavy atom. The fourth-order valence-corrected chi connectivity index (χ4v) is 1.37. The van der Waals surface area contributed by atoms with Crippen LogP contribution in [0.3, 0.4) is 0 Å². The molecule has 0 radical (unpaired) electrons. The van der Waals surface area contributed by atoms with Crippen LogP contribution in [0.2, 0.25) is 0 Å². The molecule has 2 rings (SSSR count). The third kappa shape index (κ3) is 1.82. The summed E-state index contributed by atoms with van der Waals surface area (Å²) in [6, 6.07) is 7.85. The van der Waals surface area contributed by atoms with Crippen LogP contribution < -0.4 is 0 Å². The quantitative estimate of drug-likeness (QED) is 0.737. The molecule has 0 aromatic carbocycles. The molecule has 2 aromatic heterocycles. The maximum Gasteiger partial charge on any atom is 0.153 e. The van der Waals surface area contributed by atoms with E-state index >= 15 is 0 Å². The fraction of sp³-hybridized carbons (Fsp3) is 0.273. The van der Waals surface area contributed by atoms with E-state index in [1.54, 1.807) is 6.20 Å². The Hall–Kier alpha value is -1.64. The first-order chi connectivity index (χ1) is 6.90. The van der Waals surface area contributed by atoms with E-state index in [2.05, 4.69) is 17.0 Å². The third-order valence-electron chi connectivity index (χ3n) is 2.03. The number of nitrogens with zero attached hydrogens (tertiary/aromatic N) is 3. The number of hydrogen-bond acceptors (Lipinski definition) is 2. The van der Waals surface area contributed by atoms with Gasteiger partial charge in [-0.15, -0.1) is 0 Å². The Balaban J connectivity index is 2.25. The largest absolute Gasteiger partial charge is 0.237 e. The molecule has 0 aliphatic rings. The topological polar surface area (TPSA) is 30.7 Å². The van der Waals surface area contributed by atoms with Gasteiger partial charge in [-0.05, 0) is 24.6 Å². The van der Waals surface area contributed by atoms with Crippen LogP contribution in [0.1, 0.15) is 19.0 Å². The van der Waals surface area contributed by atoms with Crippen molar-refractivity contribution in [2.45, 2.75) is 19.8 Å². The standard InChI is InChI=1S/C11H13N3/c1-2-5-10-7-9-14(13-10)11-6-3-4-8-12-11/h3-4,6-9H,2,5H2,1H3. The number of aromatic nitrogens is 3. The van der Waals surface area contributed by atoms with Gasteiger partial charge in [0.15, 0.2) is 5.82 Å². The molecule has 0 spiro atoms. The van der Waals surface area contributed by atoms with Gasteiger partial charge in [0.2, 0.25) is 0 Å². The Labute approximate surface area is 83.4 Å². The van der Waals surface area contributed by atoms with Crippen molar-refractivity contribution in [2.24, 2.45) is 0 Å². The molecule has 2 aromatic rings. The Morgan fingerprint density at radius 3 is 2.93 bits per heavy atom. The highest BCUT2D eigenvalue weighted by Crippen LogP contribution is 2.04. The zero-order chi connectivity index (χ0) is 9.80. The van der Waals surface area contributed by atoms with Crippen molar-refractivity contribution in [1.82, 2.24) is 14.8 Å². The lowest BCUT2D eigenvalue weighted by molar-refractivity contribution is 0.790. The summed E-state index contributed by atoms with van der Waals surface area (Å²) in [6.45, 7) is 2.15. The van der Waals surface area contributed by atoms with Gasteiger partial charge >= 0.3 is 0 Å². The van der Waals surface area contributed by atoms with Gasteiger partial charge in [-0.3, -0.25) is 0 Å². The second-order valence-corrected chi connectivity index (χ2v) is 3.19. The van der Waals surface area contributed by atoms with E-state index in [9.17, 15) is 0 Å². The molecule has 3 heteroatoms. The molecule has 72 valence electrons. The van der Waals surface area contributed by atoms with Crippen molar-refractivity contribution in [1.29, 1.82) is 0 Å². The Morgan fingerprint density at radius 2 is 2.21 bits per heavy atom. The predicted octanol–water partition coefficient (Wildman–Crippen LogP) is 2.22. The summed E-state index contributed by atoms with van der Waals surface area (Å²) in [7, 11) is 0. The highest BCUT2D eigenvalue weighted by Gasteiger charge is 1.99. The zero-order valence-electron chi connectivity index (χ0n) is 8.22. The second-order valence-electron chi connectivity index (χ2n) is 3.19. The molecular formula is C11H13N3. The number of pyridine rings is 1. The van der Waals surface area contributed by atoms with E-state index in [0.29, 0.717) is 0 Å². The molecule has 0 aliphatic carbocycles. The highest BCUT2D eigenvalue weighted by atomic mass is 15.3. The first-order valence-electron chi connectivity index (χ1n) is 4.86. The lowest BCUT2D eigenvalue weighted by atomic mass is 10.3. The second kappa shape index (κ2) is 4.05. The number of rotatable bonds is 3. The fourth-order valence-electron chi connectivity index (χ4n) is 1.37. The van der Waals surface area contributed by atoms with Gasteiger partial charge in [-0.2, -0.15) is 5.10 Å². The molecule has 0 saturated carbocycles. The molecule has 0 aliphatic heterocycles. The van der Waals surface area contributed by atoms with Gasteiger partial charge in [0.1, 0.15) is 0 Å². The van der Waals surface area contributed by atoms with Crippen molar-refractivity contribution < 1.29 is 0 Å². The van der Waals surface area contributed by atoms with Crippen LogP contribution in [0, 0.1) is 0 Å². The summed E-state index contributed by atoms with van der Waals surface area (Å²) in [5.74, 6) is 0.870. The maximum absolute atomic E-state index is 4.42. The summed E-state index contributed by atoms with van der Waals surface area (Å²) in [6.07, 6.45) is 5.88. The van der Waals surface area contributed by atoms with E-state index in [1.165, 1.54) is 0 Å². The lowest BCUT2D eigenvalue weighted by Gasteiger charge is -1.97. The minimum Gasteiger partial charge on any atom is -0.237 e. The molecule has 2 heterocycles. The zero-order valence-corrected chi connectivity index (χ0v) is 8.22. The molecule has 3 nitrogen and oxygen atoms in total. The molecule has 0 bridgehead atoms. The monoisotopic (exact) mass is 187 g/mol. The highest BCUT2D eigenvalue weighted by molar-refractivity contribution is 5.20. The van der Waals surface area contributed by atoms with Crippen LogP contribution in [-0.4, -0.2) is 14.8 Å². The van der Waals surface area contributed by atoms with Crippen LogP contribution in [0.4, 0.5) is 0 Å². The molecular weight excluding hydrogens is 174 g/mol. The van der Waals surface area contributed by atoms with Gasteiger partial charge in [0.05, 0.1) is 5.69 Å². The van der Waals surface area contributed by atoms with Crippen LogP contribution in [0.25, 0.3) is 5.82 Å². The van der Waals surface area contributed by atoms with Crippen LogP contribution in [-0.2, 0) is 6.42 Å². The molecule has 14 heavy (non-hydrogen) atoms. The molecule has 0 atom stereocenters. The molecule has 0 N–H and O–H groups in total. The smallest absolute Gasteiger partial charge is 0.153 e. The van der Waals surface area contributed by atoms with E-state index in [4.69, 9.17) is 0 Å².